The van der Waals surface area contributed by atoms with Crippen molar-refractivity contribution in [2.24, 2.45) is 0 Å². The number of amides is 1. The third kappa shape index (κ3) is 3.62. The van der Waals surface area contributed by atoms with Gasteiger partial charge in [0.05, 0.1) is 6.54 Å². The van der Waals surface area contributed by atoms with Crippen LogP contribution in [0.1, 0.15) is 6.92 Å². The van der Waals surface area contributed by atoms with E-state index in [0.29, 0.717) is 13.1 Å². The molecule has 64 valence electrons. The lowest BCUT2D eigenvalue weighted by Gasteiger charge is -2.15. The van der Waals surface area contributed by atoms with Crippen molar-refractivity contribution < 1.29 is 4.79 Å². The standard InChI is InChI=1S/C10H13NO/c1-4-7-9-11(8-5-2)10(12)6-3/h5-6H,2-3,8-9H2,1H3. The molecule has 0 aliphatic heterocycles. The Bertz CT molecular complexity index is 232. The van der Waals surface area contributed by atoms with Crippen molar-refractivity contribution in [3.8, 4) is 11.8 Å². The minimum absolute atomic E-state index is 0.113. The highest BCUT2D eigenvalue weighted by molar-refractivity contribution is 5.87. The number of carbonyl (C=O) groups excluding carboxylic acids is 1. The fourth-order valence-corrected chi connectivity index (χ4v) is 0.692. The van der Waals surface area contributed by atoms with Gasteiger partial charge in [-0.05, 0) is 13.0 Å². The zero-order chi connectivity index (χ0) is 9.40. The van der Waals surface area contributed by atoms with Crippen LogP contribution in [-0.2, 0) is 4.79 Å². The zero-order valence-electron chi connectivity index (χ0n) is 7.34. The van der Waals surface area contributed by atoms with Gasteiger partial charge in [0, 0.05) is 6.54 Å². The van der Waals surface area contributed by atoms with E-state index < -0.39 is 0 Å². The average molecular weight is 163 g/mol. The third-order valence-corrected chi connectivity index (χ3v) is 1.28. The van der Waals surface area contributed by atoms with Crippen molar-refractivity contribution in [2.45, 2.75) is 6.92 Å². The average Bonchev–Trinajstić information content (AvgIpc) is 2.11. The van der Waals surface area contributed by atoms with Crippen molar-refractivity contribution in [2.75, 3.05) is 13.1 Å². The molecule has 0 spiro atoms. The Kier molecular flexibility index (Phi) is 5.46. The molecular formula is C10H13NO. The van der Waals surface area contributed by atoms with Gasteiger partial charge >= 0.3 is 0 Å². The first-order valence-corrected chi connectivity index (χ1v) is 3.68. The molecule has 0 aromatic heterocycles. The second-order valence-corrected chi connectivity index (χ2v) is 2.14. The van der Waals surface area contributed by atoms with Gasteiger partial charge in [-0.1, -0.05) is 18.6 Å². The summed E-state index contributed by atoms with van der Waals surface area (Å²) in [6.45, 7) is 9.64. The molecule has 0 aliphatic rings. The van der Waals surface area contributed by atoms with Crippen LogP contribution in [0.3, 0.4) is 0 Å². The van der Waals surface area contributed by atoms with Gasteiger partial charge in [-0.2, -0.15) is 0 Å². The van der Waals surface area contributed by atoms with Gasteiger partial charge in [0.25, 0.3) is 0 Å². The van der Waals surface area contributed by atoms with E-state index >= 15 is 0 Å². The summed E-state index contributed by atoms with van der Waals surface area (Å²) in [5.41, 5.74) is 0. The summed E-state index contributed by atoms with van der Waals surface area (Å²) in [5.74, 6) is 5.42. The van der Waals surface area contributed by atoms with E-state index in [0.717, 1.165) is 0 Å². The van der Waals surface area contributed by atoms with Crippen LogP contribution in [0.2, 0.25) is 0 Å². The molecule has 0 aromatic rings. The van der Waals surface area contributed by atoms with Crippen LogP contribution in [-0.4, -0.2) is 23.9 Å². The SMILES string of the molecule is C=CCN(CC#CC)C(=O)C=C. The molecule has 0 aliphatic carbocycles. The van der Waals surface area contributed by atoms with Crippen LogP contribution in [0.15, 0.2) is 25.3 Å². The largest absolute Gasteiger partial charge is 0.324 e. The van der Waals surface area contributed by atoms with E-state index in [2.05, 4.69) is 25.0 Å². The van der Waals surface area contributed by atoms with Gasteiger partial charge in [-0.15, -0.1) is 12.5 Å². The quantitative estimate of drug-likeness (QED) is 0.346. The topological polar surface area (TPSA) is 20.3 Å². The highest BCUT2D eigenvalue weighted by Crippen LogP contribution is 1.89. The molecule has 0 saturated heterocycles. The first-order valence-electron chi connectivity index (χ1n) is 3.68. The van der Waals surface area contributed by atoms with Crippen LogP contribution >= 0.6 is 0 Å². The monoisotopic (exact) mass is 163 g/mol. The Hall–Kier alpha value is -1.49. The lowest BCUT2D eigenvalue weighted by atomic mass is 10.4. The Morgan fingerprint density at radius 2 is 2.25 bits per heavy atom. The highest BCUT2D eigenvalue weighted by atomic mass is 16.2. The number of rotatable bonds is 4. The van der Waals surface area contributed by atoms with Gasteiger partial charge in [0.2, 0.25) is 5.91 Å². The molecule has 0 N–H and O–H groups in total. The smallest absolute Gasteiger partial charge is 0.247 e. The number of carbonyl (C=O) groups is 1. The van der Waals surface area contributed by atoms with Crippen LogP contribution in [0.4, 0.5) is 0 Å². The predicted octanol–water partition coefficient (Wildman–Crippen LogP) is 1.21. The van der Waals surface area contributed by atoms with Gasteiger partial charge < -0.3 is 4.90 Å². The number of nitrogens with zero attached hydrogens (tertiary/aromatic N) is 1. The van der Waals surface area contributed by atoms with Gasteiger partial charge in [-0.25, -0.2) is 0 Å². The molecule has 1 amide bonds. The molecule has 2 heteroatoms. The minimum atomic E-state index is -0.113. The summed E-state index contributed by atoms with van der Waals surface area (Å²) in [4.78, 5) is 12.7. The first kappa shape index (κ1) is 10.5. The third-order valence-electron chi connectivity index (χ3n) is 1.28. The van der Waals surface area contributed by atoms with Crippen molar-refractivity contribution in [3.63, 3.8) is 0 Å². The van der Waals surface area contributed by atoms with Crippen molar-refractivity contribution >= 4 is 5.91 Å². The number of hydrogen-bond donors (Lipinski definition) is 0. The molecule has 0 unspecified atom stereocenters. The maximum absolute atomic E-state index is 11.1. The van der Waals surface area contributed by atoms with Gasteiger partial charge in [-0.3, -0.25) is 4.79 Å². The fourth-order valence-electron chi connectivity index (χ4n) is 0.692. The summed E-state index contributed by atoms with van der Waals surface area (Å²) in [6.07, 6.45) is 2.94. The van der Waals surface area contributed by atoms with E-state index in [1.165, 1.54) is 6.08 Å². The highest BCUT2D eigenvalue weighted by Gasteiger charge is 2.04. The van der Waals surface area contributed by atoms with E-state index in [1.54, 1.807) is 17.9 Å². The molecule has 0 fully saturated rings. The molecule has 0 atom stereocenters. The summed E-state index contributed by atoms with van der Waals surface area (Å²) in [7, 11) is 0. The number of hydrogen-bond acceptors (Lipinski definition) is 1. The van der Waals surface area contributed by atoms with Crippen molar-refractivity contribution in [1.29, 1.82) is 0 Å². The molecule has 2 nitrogen and oxygen atoms in total. The maximum atomic E-state index is 11.1. The maximum Gasteiger partial charge on any atom is 0.247 e. The Labute approximate surface area is 73.6 Å². The van der Waals surface area contributed by atoms with Crippen LogP contribution < -0.4 is 0 Å². The summed E-state index contributed by atoms with van der Waals surface area (Å²) < 4.78 is 0. The molecular weight excluding hydrogens is 150 g/mol. The van der Waals surface area contributed by atoms with E-state index in [9.17, 15) is 4.79 Å². The summed E-state index contributed by atoms with van der Waals surface area (Å²) in [5, 5.41) is 0. The fraction of sp³-hybridized carbons (Fsp3) is 0.300. The van der Waals surface area contributed by atoms with Crippen molar-refractivity contribution in [3.05, 3.63) is 25.3 Å². The Morgan fingerprint density at radius 1 is 1.58 bits per heavy atom. The summed E-state index contributed by atoms with van der Waals surface area (Å²) >= 11 is 0. The van der Waals surface area contributed by atoms with E-state index in [1.807, 2.05) is 0 Å². The summed E-state index contributed by atoms with van der Waals surface area (Å²) in [6, 6.07) is 0. The van der Waals surface area contributed by atoms with Crippen LogP contribution in [0, 0.1) is 11.8 Å². The van der Waals surface area contributed by atoms with E-state index in [4.69, 9.17) is 0 Å². The first-order chi connectivity index (χ1) is 5.76. The molecule has 0 bridgehead atoms. The minimum Gasteiger partial charge on any atom is -0.324 e. The normalized spacial score (nSPS) is 7.75. The Balaban J connectivity index is 4.17. The van der Waals surface area contributed by atoms with Gasteiger partial charge in [0.1, 0.15) is 0 Å². The van der Waals surface area contributed by atoms with Crippen LogP contribution in [0.5, 0.6) is 0 Å². The lowest BCUT2D eigenvalue weighted by molar-refractivity contribution is -0.124. The van der Waals surface area contributed by atoms with Crippen molar-refractivity contribution in [1.82, 2.24) is 4.90 Å². The molecule has 12 heavy (non-hydrogen) atoms. The molecule has 0 rings (SSSR count). The predicted molar refractivity (Wildman–Crippen MR) is 50.4 cm³/mol. The molecule has 0 heterocycles. The molecule has 0 radical (unpaired) electrons. The zero-order valence-corrected chi connectivity index (χ0v) is 7.34. The molecule has 0 aromatic carbocycles. The molecule has 0 saturated carbocycles. The second-order valence-electron chi connectivity index (χ2n) is 2.14. The lowest BCUT2D eigenvalue weighted by Crippen LogP contribution is -2.29. The second kappa shape index (κ2) is 6.23. The van der Waals surface area contributed by atoms with Crippen LogP contribution in [0.25, 0.3) is 0 Å². The van der Waals surface area contributed by atoms with Gasteiger partial charge in [0.15, 0.2) is 0 Å². The van der Waals surface area contributed by atoms with E-state index in [-0.39, 0.29) is 5.91 Å². The Morgan fingerprint density at radius 3 is 2.67 bits per heavy atom.